The van der Waals surface area contributed by atoms with Crippen molar-refractivity contribution in [3.63, 3.8) is 0 Å². The zero-order valence-electron chi connectivity index (χ0n) is 21.4. The molecule has 0 aromatic heterocycles. The average molecular weight is 454 g/mol. The van der Waals surface area contributed by atoms with Gasteiger partial charge in [-0.3, -0.25) is 4.90 Å². The van der Waals surface area contributed by atoms with Gasteiger partial charge in [0.25, 0.3) is 0 Å². The molecule has 1 saturated heterocycles. The van der Waals surface area contributed by atoms with Gasteiger partial charge in [-0.25, -0.2) is 0 Å². The van der Waals surface area contributed by atoms with E-state index in [1.807, 2.05) is 0 Å². The molecule has 1 aliphatic rings. The number of hydrogen-bond donors (Lipinski definition) is 1. The van der Waals surface area contributed by atoms with Crippen LogP contribution in [0.1, 0.15) is 94.5 Å². The first kappa shape index (κ1) is 25.3. The third kappa shape index (κ3) is 5.40. The summed E-state index contributed by atoms with van der Waals surface area (Å²) in [6.07, 6.45) is 6.07. The van der Waals surface area contributed by atoms with E-state index in [0.717, 1.165) is 30.5 Å². The summed E-state index contributed by atoms with van der Waals surface area (Å²) in [5.41, 5.74) is 6.27. The van der Waals surface area contributed by atoms with Gasteiger partial charge in [-0.15, -0.1) is 0 Å². The maximum atomic E-state index is 11.5. The SMILES string of the molecule is CCC(CC)(Pc1c(C)cccc1CN1CCCCC1)c1cc(C)cc(C(C)(C)C)c1O. The van der Waals surface area contributed by atoms with Gasteiger partial charge >= 0.3 is 0 Å². The third-order valence-corrected chi connectivity index (χ3v) is 9.77. The Kier molecular flexibility index (Phi) is 8.11. The Morgan fingerprint density at radius 3 is 2.16 bits per heavy atom. The zero-order chi connectivity index (χ0) is 23.5. The lowest BCUT2D eigenvalue weighted by molar-refractivity contribution is 0.221. The molecule has 3 rings (SSSR count). The van der Waals surface area contributed by atoms with Crippen LogP contribution in [0.5, 0.6) is 5.75 Å². The van der Waals surface area contributed by atoms with Gasteiger partial charge in [0.05, 0.1) is 0 Å². The van der Waals surface area contributed by atoms with Crippen molar-refractivity contribution in [3.8, 4) is 5.75 Å². The Labute approximate surface area is 198 Å². The first-order chi connectivity index (χ1) is 15.1. The fraction of sp³-hybridized carbons (Fsp3) is 0.586. The summed E-state index contributed by atoms with van der Waals surface area (Å²) >= 11 is 0. The van der Waals surface area contributed by atoms with Crippen LogP contribution in [-0.2, 0) is 17.1 Å². The van der Waals surface area contributed by atoms with E-state index >= 15 is 0 Å². The molecule has 0 bridgehead atoms. The quantitative estimate of drug-likeness (QED) is 0.444. The van der Waals surface area contributed by atoms with E-state index in [4.69, 9.17) is 0 Å². The summed E-state index contributed by atoms with van der Waals surface area (Å²) < 4.78 is 0. The van der Waals surface area contributed by atoms with E-state index < -0.39 is 0 Å². The lowest BCUT2D eigenvalue weighted by atomic mass is 9.81. The molecule has 1 atom stereocenters. The number of aryl methyl sites for hydroxylation is 2. The molecule has 1 aliphatic heterocycles. The highest BCUT2D eigenvalue weighted by Crippen LogP contribution is 2.52. The van der Waals surface area contributed by atoms with E-state index in [1.54, 1.807) is 0 Å². The maximum Gasteiger partial charge on any atom is 0.123 e. The van der Waals surface area contributed by atoms with Crippen molar-refractivity contribution in [1.82, 2.24) is 4.90 Å². The second-order valence-electron chi connectivity index (χ2n) is 10.8. The van der Waals surface area contributed by atoms with Crippen LogP contribution in [0.2, 0.25) is 0 Å². The number of nitrogens with zero attached hydrogens (tertiary/aromatic N) is 1. The largest absolute Gasteiger partial charge is 0.507 e. The monoisotopic (exact) mass is 453 g/mol. The molecule has 3 heteroatoms. The van der Waals surface area contributed by atoms with Gasteiger partial charge in [-0.05, 0) is 80.0 Å². The minimum absolute atomic E-state index is 0.0428. The molecule has 176 valence electrons. The lowest BCUT2D eigenvalue weighted by Gasteiger charge is -2.37. The molecule has 32 heavy (non-hydrogen) atoms. The van der Waals surface area contributed by atoms with Gasteiger partial charge in [-0.1, -0.05) is 85.5 Å². The Hall–Kier alpha value is -1.37. The first-order valence-electron chi connectivity index (χ1n) is 12.5. The number of phenols is 1. The smallest absolute Gasteiger partial charge is 0.123 e. The topological polar surface area (TPSA) is 23.5 Å². The van der Waals surface area contributed by atoms with Crippen LogP contribution in [0.15, 0.2) is 30.3 Å². The summed E-state index contributed by atoms with van der Waals surface area (Å²) in [6.45, 7) is 19.1. The minimum atomic E-state index is -0.0801. The van der Waals surface area contributed by atoms with Crippen molar-refractivity contribution in [1.29, 1.82) is 0 Å². The predicted molar refractivity (Wildman–Crippen MR) is 142 cm³/mol. The van der Waals surface area contributed by atoms with Crippen LogP contribution in [0.4, 0.5) is 0 Å². The molecule has 0 spiro atoms. The molecule has 1 N–H and O–H groups in total. The Morgan fingerprint density at radius 1 is 0.938 bits per heavy atom. The fourth-order valence-electron chi connectivity index (χ4n) is 5.23. The molecule has 0 saturated carbocycles. The summed E-state index contributed by atoms with van der Waals surface area (Å²) in [4.78, 5) is 2.63. The summed E-state index contributed by atoms with van der Waals surface area (Å²) in [5.74, 6) is 0.519. The van der Waals surface area contributed by atoms with E-state index in [1.165, 1.54) is 54.3 Å². The van der Waals surface area contributed by atoms with E-state index in [9.17, 15) is 5.11 Å². The van der Waals surface area contributed by atoms with Gasteiger partial charge in [0.1, 0.15) is 5.75 Å². The number of likely N-dealkylation sites (tertiary alicyclic amines) is 1. The van der Waals surface area contributed by atoms with Gasteiger partial charge in [0.15, 0.2) is 0 Å². The minimum Gasteiger partial charge on any atom is -0.507 e. The zero-order valence-corrected chi connectivity index (χ0v) is 22.4. The first-order valence-corrected chi connectivity index (χ1v) is 13.5. The number of benzene rings is 2. The van der Waals surface area contributed by atoms with E-state index in [-0.39, 0.29) is 10.6 Å². The van der Waals surface area contributed by atoms with Crippen LogP contribution in [0, 0.1) is 13.8 Å². The second kappa shape index (κ2) is 10.3. The highest BCUT2D eigenvalue weighted by Gasteiger charge is 2.35. The van der Waals surface area contributed by atoms with Gasteiger partial charge in [-0.2, -0.15) is 0 Å². The van der Waals surface area contributed by atoms with E-state index in [0.29, 0.717) is 14.3 Å². The fourth-order valence-corrected chi connectivity index (χ4v) is 6.99. The Bertz CT molecular complexity index is 917. The molecule has 2 aromatic rings. The molecule has 0 radical (unpaired) electrons. The highest BCUT2D eigenvalue weighted by atomic mass is 31.1. The predicted octanol–water partition coefficient (Wildman–Crippen LogP) is 7.31. The average Bonchev–Trinajstić information content (AvgIpc) is 2.75. The molecule has 1 heterocycles. The van der Waals surface area contributed by atoms with Crippen molar-refractivity contribution in [2.45, 2.75) is 97.7 Å². The normalized spacial score (nSPS) is 16.2. The second-order valence-corrected chi connectivity index (χ2v) is 12.5. The number of aromatic hydroxyl groups is 1. The van der Waals surface area contributed by atoms with Gasteiger partial charge < -0.3 is 5.11 Å². The van der Waals surface area contributed by atoms with Crippen LogP contribution in [-0.4, -0.2) is 23.1 Å². The number of rotatable bonds is 7. The van der Waals surface area contributed by atoms with Crippen molar-refractivity contribution >= 4 is 13.9 Å². The number of hydrogen-bond acceptors (Lipinski definition) is 2. The molecule has 1 fully saturated rings. The number of piperidine rings is 1. The molecule has 2 nitrogen and oxygen atoms in total. The summed E-state index contributed by atoms with van der Waals surface area (Å²) in [7, 11) is 0.648. The molecule has 1 unspecified atom stereocenters. The number of phenolic OH excluding ortho intramolecular Hbond substituents is 1. The van der Waals surface area contributed by atoms with E-state index in [2.05, 4.69) is 83.7 Å². The Morgan fingerprint density at radius 2 is 1.56 bits per heavy atom. The maximum absolute atomic E-state index is 11.5. The van der Waals surface area contributed by atoms with Crippen molar-refractivity contribution < 1.29 is 5.11 Å². The molecule has 0 aliphatic carbocycles. The summed E-state index contributed by atoms with van der Waals surface area (Å²) in [6, 6.07) is 11.3. The van der Waals surface area contributed by atoms with Crippen LogP contribution in [0.25, 0.3) is 0 Å². The highest BCUT2D eigenvalue weighted by molar-refractivity contribution is 7.48. The Balaban J connectivity index is 2.07. The summed E-state index contributed by atoms with van der Waals surface area (Å²) in [5, 5.41) is 13.0. The lowest BCUT2D eigenvalue weighted by Crippen LogP contribution is -2.32. The molecular formula is C29H44NOP. The standard InChI is InChI=1S/C29H44NOP/c1-8-29(9-2,25-19-21(3)18-24(26(25)31)28(5,6)7)32-27-22(4)14-13-15-23(27)20-30-16-11-10-12-17-30/h13-15,18-19,31-32H,8-12,16-17,20H2,1-7H3. The van der Waals surface area contributed by atoms with Crippen molar-refractivity contribution in [2.24, 2.45) is 0 Å². The molecule has 2 aromatic carbocycles. The van der Waals surface area contributed by atoms with Crippen LogP contribution >= 0.6 is 8.58 Å². The molecular weight excluding hydrogens is 409 g/mol. The molecule has 0 amide bonds. The van der Waals surface area contributed by atoms with Crippen LogP contribution < -0.4 is 5.30 Å². The third-order valence-electron chi connectivity index (χ3n) is 7.35. The van der Waals surface area contributed by atoms with Crippen molar-refractivity contribution in [3.05, 3.63) is 58.1 Å². The van der Waals surface area contributed by atoms with Gasteiger partial charge in [0.2, 0.25) is 0 Å². The van der Waals surface area contributed by atoms with Crippen molar-refractivity contribution in [2.75, 3.05) is 13.1 Å². The van der Waals surface area contributed by atoms with Gasteiger partial charge in [0, 0.05) is 17.3 Å². The van der Waals surface area contributed by atoms with Crippen LogP contribution in [0.3, 0.4) is 0 Å².